The third kappa shape index (κ3) is 3.54. The molecule has 0 saturated carbocycles. The number of hydrogen-bond donors (Lipinski definition) is 2. The number of aryl methyl sites for hydroxylation is 1. The quantitative estimate of drug-likeness (QED) is 0.823. The van der Waals surface area contributed by atoms with E-state index in [1.807, 2.05) is 11.9 Å². The van der Waals surface area contributed by atoms with Crippen LogP contribution < -0.4 is 11.1 Å². The normalized spacial score (nSPS) is 14.6. The Morgan fingerprint density at radius 2 is 2.28 bits per heavy atom. The molecule has 0 radical (unpaired) electrons. The first kappa shape index (κ1) is 15.1. The van der Waals surface area contributed by atoms with Crippen LogP contribution in [0, 0.1) is 6.92 Å². The average Bonchev–Trinajstić information content (AvgIpc) is 2.75. The molecule has 0 aromatic carbocycles. The summed E-state index contributed by atoms with van der Waals surface area (Å²) in [6.45, 7) is 4.54. The van der Waals surface area contributed by atoms with E-state index in [2.05, 4.69) is 30.6 Å². The van der Waals surface area contributed by atoms with Crippen molar-refractivity contribution >= 4 is 17.2 Å². The zero-order valence-corrected chi connectivity index (χ0v) is 12.4. The molecule has 4 nitrogen and oxygen atoms in total. The standard InChI is InChI=1S/C13H23N3OS/c1-5-10(14)12(13-9(2)6-7-18-13)16(4)8-11(17)15-3/h6-7,10,12H,5,8,14H2,1-4H3,(H,15,17). The molecule has 0 spiro atoms. The maximum absolute atomic E-state index is 11.5. The van der Waals surface area contributed by atoms with Crippen molar-refractivity contribution < 1.29 is 4.79 Å². The lowest BCUT2D eigenvalue weighted by atomic mass is 10.0. The minimum atomic E-state index is 0.0139. The summed E-state index contributed by atoms with van der Waals surface area (Å²) < 4.78 is 0. The minimum Gasteiger partial charge on any atom is -0.358 e. The zero-order chi connectivity index (χ0) is 13.7. The van der Waals surface area contributed by atoms with Crippen molar-refractivity contribution in [2.24, 2.45) is 5.73 Å². The smallest absolute Gasteiger partial charge is 0.233 e. The van der Waals surface area contributed by atoms with Gasteiger partial charge in [0.2, 0.25) is 5.91 Å². The van der Waals surface area contributed by atoms with E-state index in [1.54, 1.807) is 18.4 Å². The van der Waals surface area contributed by atoms with E-state index in [-0.39, 0.29) is 18.0 Å². The fraction of sp³-hybridized carbons (Fsp3) is 0.615. The van der Waals surface area contributed by atoms with Crippen molar-refractivity contribution in [2.75, 3.05) is 20.6 Å². The highest BCUT2D eigenvalue weighted by atomic mass is 32.1. The van der Waals surface area contributed by atoms with Crippen LogP contribution in [-0.2, 0) is 4.79 Å². The molecule has 0 fully saturated rings. The average molecular weight is 269 g/mol. The largest absolute Gasteiger partial charge is 0.358 e. The molecule has 0 aliphatic heterocycles. The Labute approximate surface area is 113 Å². The van der Waals surface area contributed by atoms with Crippen LogP contribution in [0.2, 0.25) is 0 Å². The second kappa shape index (κ2) is 6.87. The van der Waals surface area contributed by atoms with Crippen LogP contribution in [-0.4, -0.2) is 37.5 Å². The van der Waals surface area contributed by atoms with Crippen LogP contribution in [0.4, 0.5) is 0 Å². The molecular weight excluding hydrogens is 246 g/mol. The molecule has 1 aromatic heterocycles. The lowest BCUT2D eigenvalue weighted by molar-refractivity contribution is -0.122. The molecule has 102 valence electrons. The Balaban J connectivity index is 2.92. The summed E-state index contributed by atoms with van der Waals surface area (Å²) >= 11 is 1.71. The van der Waals surface area contributed by atoms with Gasteiger partial charge in [0.25, 0.3) is 0 Å². The lowest BCUT2D eigenvalue weighted by Crippen LogP contribution is -2.43. The second-order valence-corrected chi connectivity index (χ2v) is 5.52. The first-order chi connectivity index (χ1) is 8.51. The highest BCUT2D eigenvalue weighted by Crippen LogP contribution is 2.30. The van der Waals surface area contributed by atoms with Crippen LogP contribution in [0.25, 0.3) is 0 Å². The number of likely N-dealkylation sites (N-methyl/N-ethyl adjacent to an activating group) is 2. The van der Waals surface area contributed by atoms with Crippen LogP contribution in [0.3, 0.4) is 0 Å². The molecule has 2 unspecified atom stereocenters. The Morgan fingerprint density at radius 1 is 1.61 bits per heavy atom. The second-order valence-electron chi connectivity index (χ2n) is 4.57. The van der Waals surface area contributed by atoms with Crippen molar-refractivity contribution in [1.29, 1.82) is 0 Å². The Kier molecular flexibility index (Phi) is 5.78. The number of amides is 1. The van der Waals surface area contributed by atoms with Gasteiger partial charge < -0.3 is 11.1 Å². The van der Waals surface area contributed by atoms with Gasteiger partial charge in [-0.05, 0) is 37.4 Å². The Hall–Kier alpha value is -0.910. The van der Waals surface area contributed by atoms with Gasteiger partial charge in [-0.2, -0.15) is 0 Å². The fourth-order valence-electron chi connectivity index (χ4n) is 2.04. The van der Waals surface area contributed by atoms with Gasteiger partial charge in [0.1, 0.15) is 0 Å². The van der Waals surface area contributed by atoms with Gasteiger partial charge in [0.05, 0.1) is 12.6 Å². The number of nitrogens with two attached hydrogens (primary N) is 1. The van der Waals surface area contributed by atoms with Crippen LogP contribution >= 0.6 is 11.3 Å². The first-order valence-electron chi connectivity index (χ1n) is 6.21. The summed E-state index contributed by atoms with van der Waals surface area (Å²) in [6, 6.07) is 2.24. The summed E-state index contributed by atoms with van der Waals surface area (Å²) in [6.07, 6.45) is 0.889. The number of rotatable bonds is 6. The molecule has 2 atom stereocenters. The predicted octanol–water partition coefficient (Wildman–Crippen LogP) is 1.51. The highest BCUT2D eigenvalue weighted by Gasteiger charge is 2.26. The van der Waals surface area contributed by atoms with Gasteiger partial charge in [-0.3, -0.25) is 9.69 Å². The van der Waals surface area contributed by atoms with E-state index >= 15 is 0 Å². The molecule has 1 amide bonds. The van der Waals surface area contributed by atoms with Gasteiger partial charge in [-0.15, -0.1) is 11.3 Å². The molecule has 1 heterocycles. The molecular formula is C13H23N3OS. The van der Waals surface area contributed by atoms with Crippen LogP contribution in [0.5, 0.6) is 0 Å². The number of thiophene rings is 1. The van der Waals surface area contributed by atoms with Crippen molar-refractivity contribution in [3.63, 3.8) is 0 Å². The topological polar surface area (TPSA) is 58.4 Å². The monoisotopic (exact) mass is 269 g/mol. The van der Waals surface area contributed by atoms with Crippen molar-refractivity contribution in [3.05, 3.63) is 21.9 Å². The summed E-state index contributed by atoms with van der Waals surface area (Å²) in [5.74, 6) is 0.0139. The molecule has 18 heavy (non-hydrogen) atoms. The maximum atomic E-state index is 11.5. The number of nitrogens with one attached hydrogen (secondary N) is 1. The number of carbonyl (C=O) groups is 1. The molecule has 1 aromatic rings. The summed E-state index contributed by atoms with van der Waals surface area (Å²) in [5.41, 5.74) is 7.48. The van der Waals surface area contributed by atoms with E-state index in [9.17, 15) is 4.79 Å². The molecule has 1 rings (SSSR count). The van der Waals surface area contributed by atoms with Crippen LogP contribution in [0.15, 0.2) is 11.4 Å². The van der Waals surface area contributed by atoms with Crippen molar-refractivity contribution in [2.45, 2.75) is 32.4 Å². The Morgan fingerprint density at radius 3 is 2.72 bits per heavy atom. The molecule has 0 bridgehead atoms. The molecule has 5 heteroatoms. The minimum absolute atomic E-state index is 0.0139. The first-order valence-corrected chi connectivity index (χ1v) is 7.09. The maximum Gasteiger partial charge on any atom is 0.233 e. The summed E-state index contributed by atoms with van der Waals surface area (Å²) in [4.78, 5) is 14.8. The van der Waals surface area contributed by atoms with Gasteiger partial charge >= 0.3 is 0 Å². The molecule has 0 aliphatic rings. The van der Waals surface area contributed by atoms with Crippen molar-refractivity contribution in [3.8, 4) is 0 Å². The molecule has 3 N–H and O–H groups in total. The van der Waals surface area contributed by atoms with E-state index in [0.717, 1.165) is 6.42 Å². The number of nitrogens with zero attached hydrogens (tertiary/aromatic N) is 1. The number of carbonyl (C=O) groups excluding carboxylic acids is 1. The fourth-order valence-corrected chi connectivity index (χ4v) is 3.20. The van der Waals surface area contributed by atoms with Gasteiger partial charge in [0.15, 0.2) is 0 Å². The van der Waals surface area contributed by atoms with E-state index in [1.165, 1.54) is 10.4 Å². The van der Waals surface area contributed by atoms with Gasteiger partial charge in [-0.25, -0.2) is 0 Å². The summed E-state index contributed by atoms with van der Waals surface area (Å²) in [5, 5.41) is 4.73. The summed E-state index contributed by atoms with van der Waals surface area (Å²) in [7, 11) is 3.61. The van der Waals surface area contributed by atoms with Crippen molar-refractivity contribution in [1.82, 2.24) is 10.2 Å². The predicted molar refractivity (Wildman–Crippen MR) is 76.8 cm³/mol. The van der Waals surface area contributed by atoms with E-state index < -0.39 is 0 Å². The van der Waals surface area contributed by atoms with Crippen LogP contribution in [0.1, 0.15) is 29.8 Å². The third-order valence-corrected chi connectivity index (χ3v) is 4.28. The SMILES string of the molecule is CCC(N)C(c1sccc1C)N(C)CC(=O)NC. The molecule has 0 saturated heterocycles. The zero-order valence-electron chi connectivity index (χ0n) is 11.6. The third-order valence-electron chi connectivity index (χ3n) is 3.19. The van der Waals surface area contributed by atoms with Gasteiger partial charge in [-0.1, -0.05) is 6.92 Å². The van der Waals surface area contributed by atoms with Gasteiger partial charge in [0, 0.05) is 18.0 Å². The van der Waals surface area contributed by atoms with E-state index in [0.29, 0.717) is 6.54 Å². The molecule has 0 aliphatic carbocycles. The number of hydrogen-bond acceptors (Lipinski definition) is 4. The highest BCUT2D eigenvalue weighted by molar-refractivity contribution is 7.10. The lowest BCUT2D eigenvalue weighted by Gasteiger charge is -2.31. The Bertz CT molecular complexity index is 391. The van der Waals surface area contributed by atoms with E-state index in [4.69, 9.17) is 5.73 Å².